The Morgan fingerprint density at radius 2 is 1.75 bits per heavy atom. The second kappa shape index (κ2) is 7.31. The minimum Gasteiger partial charge on any atom is -0.452 e. The first kappa shape index (κ1) is 18.0. The molecule has 0 radical (unpaired) electrons. The molecular weight excluding hydrogens is 354 g/mol. The third-order valence-corrected chi connectivity index (χ3v) is 5.01. The van der Waals surface area contributed by atoms with Gasteiger partial charge in [-0.25, -0.2) is 9.48 Å². The lowest BCUT2D eigenvalue weighted by molar-refractivity contribution is -0.121. The SMILES string of the molecule is Cc1nn(-c2ccccc2)c(C)c1C(=O)OCC(=O)N1CCc2ccccc21. The third-order valence-electron chi connectivity index (χ3n) is 5.01. The summed E-state index contributed by atoms with van der Waals surface area (Å²) in [7, 11) is 0. The van der Waals surface area contributed by atoms with Crippen LogP contribution in [0.5, 0.6) is 0 Å². The van der Waals surface area contributed by atoms with Crippen LogP contribution in [0.4, 0.5) is 5.69 Å². The van der Waals surface area contributed by atoms with Crippen molar-refractivity contribution in [2.75, 3.05) is 18.1 Å². The van der Waals surface area contributed by atoms with Gasteiger partial charge in [-0.05, 0) is 44.0 Å². The molecule has 0 fully saturated rings. The Morgan fingerprint density at radius 1 is 1.04 bits per heavy atom. The summed E-state index contributed by atoms with van der Waals surface area (Å²) in [5.74, 6) is -0.748. The van der Waals surface area contributed by atoms with Crippen molar-refractivity contribution in [3.05, 3.63) is 77.1 Å². The van der Waals surface area contributed by atoms with Crippen LogP contribution in [0.2, 0.25) is 0 Å². The zero-order chi connectivity index (χ0) is 19.7. The normalized spacial score (nSPS) is 12.7. The van der Waals surface area contributed by atoms with E-state index in [0.717, 1.165) is 23.4 Å². The summed E-state index contributed by atoms with van der Waals surface area (Å²) in [5.41, 5.74) is 4.56. The number of fused-ring (bicyclic) bond motifs is 1. The second-order valence-corrected chi connectivity index (χ2v) is 6.79. The molecule has 1 aliphatic rings. The average Bonchev–Trinajstić information content (AvgIpc) is 3.27. The van der Waals surface area contributed by atoms with E-state index in [0.29, 0.717) is 23.5 Å². The Hall–Kier alpha value is -3.41. The van der Waals surface area contributed by atoms with Crippen molar-refractivity contribution in [2.45, 2.75) is 20.3 Å². The largest absolute Gasteiger partial charge is 0.452 e. The first-order valence-electron chi connectivity index (χ1n) is 9.23. The van der Waals surface area contributed by atoms with Crippen LogP contribution in [0.3, 0.4) is 0 Å². The van der Waals surface area contributed by atoms with E-state index in [9.17, 15) is 9.59 Å². The Morgan fingerprint density at radius 3 is 2.54 bits per heavy atom. The zero-order valence-electron chi connectivity index (χ0n) is 15.9. The topological polar surface area (TPSA) is 64.4 Å². The number of aryl methyl sites for hydroxylation is 1. The summed E-state index contributed by atoms with van der Waals surface area (Å²) in [4.78, 5) is 26.9. The molecule has 0 bridgehead atoms. The Kier molecular flexibility index (Phi) is 4.69. The van der Waals surface area contributed by atoms with E-state index in [1.54, 1.807) is 16.5 Å². The molecule has 2 aromatic carbocycles. The molecule has 6 nitrogen and oxygen atoms in total. The number of carbonyl (C=O) groups is 2. The van der Waals surface area contributed by atoms with Crippen molar-refractivity contribution in [1.82, 2.24) is 9.78 Å². The summed E-state index contributed by atoms with van der Waals surface area (Å²) in [5, 5.41) is 4.46. The summed E-state index contributed by atoms with van der Waals surface area (Å²) in [6.45, 7) is 3.91. The van der Waals surface area contributed by atoms with Crippen molar-refractivity contribution in [3.63, 3.8) is 0 Å². The molecule has 6 heteroatoms. The molecule has 0 aliphatic carbocycles. The smallest absolute Gasteiger partial charge is 0.342 e. The van der Waals surface area contributed by atoms with Crippen LogP contribution in [-0.4, -0.2) is 34.8 Å². The minimum atomic E-state index is -0.530. The van der Waals surface area contributed by atoms with E-state index in [1.165, 1.54) is 0 Å². The van der Waals surface area contributed by atoms with Crippen LogP contribution in [0.25, 0.3) is 5.69 Å². The fourth-order valence-corrected chi connectivity index (χ4v) is 3.63. The monoisotopic (exact) mass is 375 g/mol. The Labute approximate surface area is 163 Å². The van der Waals surface area contributed by atoms with Gasteiger partial charge in [-0.3, -0.25) is 4.79 Å². The molecule has 1 aromatic heterocycles. The van der Waals surface area contributed by atoms with Gasteiger partial charge >= 0.3 is 5.97 Å². The van der Waals surface area contributed by atoms with Crippen LogP contribution < -0.4 is 4.90 Å². The van der Waals surface area contributed by atoms with E-state index >= 15 is 0 Å². The lowest BCUT2D eigenvalue weighted by Crippen LogP contribution is -2.33. The maximum Gasteiger partial charge on any atom is 0.342 e. The molecule has 0 saturated carbocycles. The van der Waals surface area contributed by atoms with Gasteiger partial charge in [-0.15, -0.1) is 0 Å². The van der Waals surface area contributed by atoms with Crippen LogP contribution in [0.1, 0.15) is 27.3 Å². The first-order valence-corrected chi connectivity index (χ1v) is 9.23. The summed E-state index contributed by atoms with van der Waals surface area (Å²) in [6.07, 6.45) is 0.817. The van der Waals surface area contributed by atoms with Gasteiger partial charge in [-0.2, -0.15) is 5.10 Å². The summed E-state index contributed by atoms with van der Waals surface area (Å²) in [6, 6.07) is 17.4. The number of amides is 1. The molecule has 142 valence electrons. The van der Waals surface area contributed by atoms with Gasteiger partial charge in [0.05, 0.1) is 17.1 Å². The second-order valence-electron chi connectivity index (χ2n) is 6.79. The highest BCUT2D eigenvalue weighted by Gasteiger charge is 2.26. The fourth-order valence-electron chi connectivity index (χ4n) is 3.63. The van der Waals surface area contributed by atoms with E-state index in [1.807, 2.05) is 61.5 Å². The highest BCUT2D eigenvalue weighted by Crippen LogP contribution is 2.27. The van der Waals surface area contributed by atoms with E-state index in [2.05, 4.69) is 5.10 Å². The molecule has 0 spiro atoms. The number of aromatic nitrogens is 2. The predicted octanol–water partition coefficient (Wildman–Crippen LogP) is 3.24. The Bertz CT molecular complexity index is 1040. The van der Waals surface area contributed by atoms with Gasteiger partial charge < -0.3 is 9.64 Å². The molecule has 28 heavy (non-hydrogen) atoms. The van der Waals surface area contributed by atoms with Crippen molar-refractivity contribution >= 4 is 17.6 Å². The number of ether oxygens (including phenoxy) is 1. The zero-order valence-corrected chi connectivity index (χ0v) is 15.9. The predicted molar refractivity (Wildman–Crippen MR) is 106 cm³/mol. The van der Waals surface area contributed by atoms with Gasteiger partial charge in [-0.1, -0.05) is 36.4 Å². The van der Waals surface area contributed by atoms with Gasteiger partial charge in [0, 0.05) is 12.2 Å². The van der Waals surface area contributed by atoms with Crippen molar-refractivity contribution in [2.24, 2.45) is 0 Å². The number of hydrogen-bond acceptors (Lipinski definition) is 4. The Balaban J connectivity index is 1.48. The minimum absolute atomic E-state index is 0.218. The first-order chi connectivity index (χ1) is 13.6. The van der Waals surface area contributed by atoms with E-state index < -0.39 is 5.97 Å². The fraction of sp³-hybridized carbons (Fsp3) is 0.227. The molecule has 0 saturated heterocycles. The number of rotatable bonds is 4. The molecule has 1 amide bonds. The number of para-hydroxylation sites is 2. The molecule has 0 N–H and O–H groups in total. The molecule has 1 aliphatic heterocycles. The molecule has 4 rings (SSSR count). The maximum absolute atomic E-state index is 12.6. The van der Waals surface area contributed by atoms with Crippen LogP contribution in [-0.2, 0) is 16.0 Å². The average molecular weight is 375 g/mol. The summed E-state index contributed by atoms with van der Waals surface area (Å²) >= 11 is 0. The van der Waals surface area contributed by atoms with Crippen LogP contribution >= 0.6 is 0 Å². The highest BCUT2D eigenvalue weighted by atomic mass is 16.5. The highest BCUT2D eigenvalue weighted by molar-refractivity contribution is 5.99. The number of hydrogen-bond donors (Lipinski definition) is 0. The summed E-state index contributed by atoms with van der Waals surface area (Å²) < 4.78 is 7.06. The van der Waals surface area contributed by atoms with E-state index in [4.69, 9.17) is 4.74 Å². The number of anilines is 1. The standard InChI is InChI=1S/C22H21N3O3/c1-15-21(16(2)25(23-15)18-9-4-3-5-10-18)22(27)28-14-20(26)24-13-12-17-8-6-7-11-19(17)24/h3-11H,12-14H2,1-2H3. The molecule has 0 unspecified atom stereocenters. The van der Waals surface area contributed by atoms with Crippen molar-refractivity contribution in [1.29, 1.82) is 0 Å². The lowest BCUT2D eigenvalue weighted by Gasteiger charge is -2.17. The molecule has 0 atom stereocenters. The van der Waals surface area contributed by atoms with Gasteiger partial charge in [0.2, 0.25) is 0 Å². The number of nitrogens with zero attached hydrogens (tertiary/aromatic N) is 3. The molecule has 3 aromatic rings. The van der Waals surface area contributed by atoms with Gasteiger partial charge in [0.1, 0.15) is 5.56 Å². The number of carbonyl (C=O) groups excluding carboxylic acids is 2. The number of esters is 1. The maximum atomic E-state index is 12.6. The third kappa shape index (κ3) is 3.17. The van der Waals surface area contributed by atoms with Crippen LogP contribution in [0.15, 0.2) is 54.6 Å². The van der Waals surface area contributed by atoms with Crippen LogP contribution in [0, 0.1) is 13.8 Å². The van der Waals surface area contributed by atoms with Gasteiger partial charge in [0.15, 0.2) is 6.61 Å². The lowest BCUT2D eigenvalue weighted by atomic mass is 10.2. The van der Waals surface area contributed by atoms with Gasteiger partial charge in [0.25, 0.3) is 5.91 Å². The molecular formula is C22H21N3O3. The van der Waals surface area contributed by atoms with Crippen molar-refractivity contribution < 1.29 is 14.3 Å². The quantitative estimate of drug-likeness (QED) is 0.657. The molecule has 2 heterocycles. The number of benzene rings is 2. The van der Waals surface area contributed by atoms with Crippen molar-refractivity contribution in [3.8, 4) is 5.69 Å². The van der Waals surface area contributed by atoms with E-state index in [-0.39, 0.29) is 12.5 Å².